The van der Waals surface area contributed by atoms with E-state index >= 15 is 0 Å². The maximum Gasteiger partial charge on any atom is 0.206 e. The Hall–Kier alpha value is -3.28. The molecular weight excluding hydrogens is 370 g/mol. The fourth-order valence-electron chi connectivity index (χ4n) is 2.62. The zero-order valence-corrected chi connectivity index (χ0v) is 16.6. The second-order valence-corrected chi connectivity index (χ2v) is 7.58. The van der Waals surface area contributed by atoms with Crippen molar-refractivity contribution in [3.63, 3.8) is 0 Å². The van der Waals surface area contributed by atoms with Gasteiger partial charge in [-0.25, -0.2) is 8.78 Å². The first-order chi connectivity index (χ1) is 13.8. The Morgan fingerprint density at radius 1 is 0.690 bits per heavy atom. The van der Waals surface area contributed by atoms with Crippen molar-refractivity contribution in [2.45, 2.75) is 32.4 Å². The van der Waals surface area contributed by atoms with Crippen LogP contribution >= 0.6 is 0 Å². The second kappa shape index (κ2) is 8.82. The molecule has 148 valence electrons. The van der Waals surface area contributed by atoms with Crippen LogP contribution in [0.3, 0.4) is 0 Å². The molecular formula is C23H22F2N4. The van der Waals surface area contributed by atoms with E-state index < -0.39 is 23.5 Å². The van der Waals surface area contributed by atoms with Gasteiger partial charge in [0.1, 0.15) is 0 Å². The van der Waals surface area contributed by atoms with Gasteiger partial charge in [0.25, 0.3) is 0 Å². The van der Waals surface area contributed by atoms with Crippen LogP contribution in [0, 0.1) is 11.6 Å². The Balaban J connectivity index is 1.95. The minimum absolute atomic E-state index is 0.00258. The van der Waals surface area contributed by atoms with Gasteiger partial charge in [-0.1, -0.05) is 69.3 Å². The molecule has 0 aliphatic heterocycles. The van der Waals surface area contributed by atoms with Crippen molar-refractivity contribution in [3.05, 3.63) is 95.6 Å². The first kappa shape index (κ1) is 20.5. The SMILES string of the molecule is CC(C)(C)c1ccc(C(N=Nc2ccccc2)N=Nc2c(F)cccc2F)cc1. The fraction of sp³-hybridized carbons (Fsp3) is 0.217. The molecule has 3 rings (SSSR count). The molecule has 0 bridgehead atoms. The largest absolute Gasteiger partial charge is 0.206 e. The van der Waals surface area contributed by atoms with Gasteiger partial charge in [0.2, 0.25) is 6.17 Å². The van der Waals surface area contributed by atoms with Crippen LogP contribution in [0.4, 0.5) is 20.2 Å². The lowest BCUT2D eigenvalue weighted by Gasteiger charge is -2.19. The van der Waals surface area contributed by atoms with Crippen molar-refractivity contribution in [3.8, 4) is 0 Å². The highest BCUT2D eigenvalue weighted by molar-refractivity contribution is 5.39. The molecule has 0 saturated carbocycles. The van der Waals surface area contributed by atoms with Gasteiger partial charge in [-0.3, -0.25) is 0 Å². The van der Waals surface area contributed by atoms with E-state index in [4.69, 9.17) is 0 Å². The zero-order valence-electron chi connectivity index (χ0n) is 16.6. The number of hydrogen-bond donors (Lipinski definition) is 0. The molecule has 0 amide bonds. The molecule has 0 N–H and O–H groups in total. The maximum atomic E-state index is 13.9. The molecule has 0 aliphatic carbocycles. The van der Waals surface area contributed by atoms with Crippen LogP contribution in [-0.2, 0) is 5.41 Å². The Bertz CT molecular complexity index is 987. The van der Waals surface area contributed by atoms with Gasteiger partial charge < -0.3 is 0 Å². The van der Waals surface area contributed by atoms with Crippen LogP contribution in [0.25, 0.3) is 0 Å². The minimum atomic E-state index is -0.830. The van der Waals surface area contributed by atoms with E-state index in [9.17, 15) is 8.78 Å². The quantitative estimate of drug-likeness (QED) is 0.397. The molecule has 3 aromatic rings. The predicted molar refractivity (Wildman–Crippen MR) is 110 cm³/mol. The summed E-state index contributed by atoms with van der Waals surface area (Å²) in [5, 5.41) is 16.3. The fourth-order valence-corrected chi connectivity index (χ4v) is 2.62. The van der Waals surface area contributed by atoms with E-state index in [-0.39, 0.29) is 5.41 Å². The van der Waals surface area contributed by atoms with E-state index in [2.05, 4.69) is 41.2 Å². The summed E-state index contributed by atoms with van der Waals surface area (Å²) in [6.45, 7) is 6.36. The number of azo groups is 2. The van der Waals surface area contributed by atoms with Gasteiger partial charge in [0.05, 0.1) is 5.69 Å². The third-order valence-electron chi connectivity index (χ3n) is 4.32. The van der Waals surface area contributed by atoms with Gasteiger partial charge in [-0.05, 0) is 35.2 Å². The third-order valence-corrected chi connectivity index (χ3v) is 4.32. The Morgan fingerprint density at radius 3 is 1.86 bits per heavy atom. The molecule has 6 heteroatoms. The molecule has 3 aromatic carbocycles. The Kier molecular flexibility index (Phi) is 6.22. The van der Waals surface area contributed by atoms with Crippen molar-refractivity contribution in [1.29, 1.82) is 0 Å². The molecule has 29 heavy (non-hydrogen) atoms. The van der Waals surface area contributed by atoms with Crippen molar-refractivity contribution >= 4 is 11.4 Å². The van der Waals surface area contributed by atoms with Gasteiger partial charge in [-0.15, -0.1) is 5.11 Å². The lowest BCUT2D eigenvalue weighted by molar-refractivity contribution is 0.578. The minimum Gasteiger partial charge on any atom is -0.204 e. The molecule has 1 unspecified atom stereocenters. The van der Waals surface area contributed by atoms with Crippen LogP contribution < -0.4 is 0 Å². The van der Waals surface area contributed by atoms with Crippen LogP contribution in [0.15, 0.2) is 93.3 Å². The molecule has 0 spiro atoms. The topological polar surface area (TPSA) is 49.4 Å². The van der Waals surface area contributed by atoms with Gasteiger partial charge in [-0.2, -0.15) is 15.3 Å². The van der Waals surface area contributed by atoms with Crippen molar-refractivity contribution in [1.82, 2.24) is 0 Å². The van der Waals surface area contributed by atoms with Gasteiger partial charge >= 0.3 is 0 Å². The molecule has 0 heterocycles. The number of nitrogens with zero attached hydrogens (tertiary/aromatic N) is 4. The van der Waals surface area contributed by atoms with Crippen molar-refractivity contribution in [2.75, 3.05) is 0 Å². The summed E-state index contributed by atoms with van der Waals surface area (Å²) in [4.78, 5) is 0. The smallest absolute Gasteiger partial charge is 0.204 e. The highest BCUT2D eigenvalue weighted by Crippen LogP contribution is 2.29. The average Bonchev–Trinajstić information content (AvgIpc) is 2.70. The number of hydrogen-bond acceptors (Lipinski definition) is 4. The highest BCUT2D eigenvalue weighted by atomic mass is 19.1. The second-order valence-electron chi connectivity index (χ2n) is 7.58. The van der Waals surface area contributed by atoms with Gasteiger partial charge in [0, 0.05) is 5.56 Å². The lowest BCUT2D eigenvalue weighted by atomic mass is 9.86. The van der Waals surface area contributed by atoms with E-state index in [1.165, 1.54) is 6.07 Å². The highest BCUT2D eigenvalue weighted by Gasteiger charge is 2.16. The Morgan fingerprint density at radius 2 is 1.28 bits per heavy atom. The van der Waals surface area contributed by atoms with E-state index in [1.807, 2.05) is 42.5 Å². The predicted octanol–water partition coefficient (Wildman–Crippen LogP) is 7.83. The van der Waals surface area contributed by atoms with Crippen molar-refractivity contribution in [2.24, 2.45) is 20.5 Å². The molecule has 0 aromatic heterocycles. The van der Waals surface area contributed by atoms with E-state index in [0.717, 1.165) is 23.3 Å². The first-order valence-corrected chi connectivity index (χ1v) is 9.26. The maximum absolute atomic E-state index is 13.9. The summed E-state index contributed by atoms with van der Waals surface area (Å²) in [7, 11) is 0. The average molecular weight is 392 g/mol. The normalized spacial score (nSPS) is 13.3. The van der Waals surface area contributed by atoms with E-state index in [1.54, 1.807) is 12.1 Å². The molecule has 0 radical (unpaired) electrons. The summed E-state index contributed by atoms with van der Waals surface area (Å²) in [6.07, 6.45) is -0.830. The number of rotatable bonds is 5. The number of halogens is 2. The monoisotopic (exact) mass is 392 g/mol. The molecule has 0 fully saturated rings. The lowest BCUT2D eigenvalue weighted by Crippen LogP contribution is -2.10. The van der Waals surface area contributed by atoms with Gasteiger partial charge in [0.15, 0.2) is 17.3 Å². The summed E-state index contributed by atoms with van der Waals surface area (Å²) >= 11 is 0. The van der Waals surface area contributed by atoms with E-state index in [0.29, 0.717) is 5.69 Å². The third kappa shape index (κ3) is 5.38. The number of benzene rings is 3. The summed E-state index contributed by atoms with van der Waals surface area (Å²) in [5.41, 5.74) is 2.07. The summed E-state index contributed by atoms with van der Waals surface area (Å²) < 4.78 is 27.8. The standard InChI is InChI=1S/C23H22F2N4/c1-23(2,3)17-14-12-16(13-15-17)22(28-26-18-8-5-4-6-9-18)29-27-21-19(24)10-7-11-20(21)25/h4-15,22H,1-3H3. The van der Waals surface area contributed by atoms with Crippen molar-refractivity contribution < 1.29 is 8.78 Å². The molecule has 0 saturated heterocycles. The zero-order chi connectivity index (χ0) is 20.9. The van der Waals surface area contributed by atoms with Crippen LogP contribution in [0.5, 0.6) is 0 Å². The van der Waals surface area contributed by atoms with Crippen LogP contribution in [0.2, 0.25) is 0 Å². The molecule has 0 aliphatic rings. The summed E-state index contributed by atoms with van der Waals surface area (Å²) in [6, 6.07) is 20.5. The Labute approximate surface area is 169 Å². The molecule has 4 nitrogen and oxygen atoms in total. The summed E-state index contributed by atoms with van der Waals surface area (Å²) in [5.74, 6) is -1.56. The first-order valence-electron chi connectivity index (χ1n) is 9.26. The molecule has 1 atom stereocenters. The van der Waals surface area contributed by atoms with Crippen LogP contribution in [-0.4, -0.2) is 0 Å². The van der Waals surface area contributed by atoms with Crippen LogP contribution in [0.1, 0.15) is 38.1 Å².